The van der Waals surface area contributed by atoms with Gasteiger partial charge in [0.25, 0.3) is 10.1 Å². The fourth-order valence-electron chi connectivity index (χ4n) is 3.51. The molecular formula is C20H39N2NaO5S. The summed E-state index contributed by atoms with van der Waals surface area (Å²) in [6, 6.07) is 0. The van der Waals surface area contributed by atoms with E-state index in [4.69, 9.17) is 4.55 Å². The van der Waals surface area contributed by atoms with Crippen LogP contribution in [-0.2, 0) is 19.7 Å². The standard InChI is InChI=1S/C20H38N2O5S.Na.H/c1-2-3-4-5-6-7-8-9-10-12-19(23)22(17-18-28(25,26)27)16-15-21-14-11-13-20(21)24;;/h2-18H2,1H3,(H,25,26,27);;/q;+1;-1. The molecule has 166 valence electrons. The molecule has 1 fully saturated rings. The van der Waals surface area contributed by atoms with E-state index < -0.39 is 15.9 Å². The van der Waals surface area contributed by atoms with Gasteiger partial charge in [-0.15, -0.1) is 0 Å². The van der Waals surface area contributed by atoms with Crippen molar-refractivity contribution in [3.8, 4) is 0 Å². The maximum atomic E-state index is 12.5. The Morgan fingerprint density at radius 1 is 1.07 bits per heavy atom. The van der Waals surface area contributed by atoms with Gasteiger partial charge < -0.3 is 11.2 Å². The van der Waals surface area contributed by atoms with E-state index in [1.807, 2.05) is 0 Å². The largest absolute Gasteiger partial charge is 1.00 e. The minimum atomic E-state index is -4.12. The van der Waals surface area contributed by atoms with E-state index in [9.17, 15) is 18.0 Å². The molecule has 2 amide bonds. The van der Waals surface area contributed by atoms with Crippen LogP contribution in [-0.4, -0.2) is 66.5 Å². The Balaban J connectivity index is 0. The number of rotatable bonds is 16. The van der Waals surface area contributed by atoms with Crippen LogP contribution < -0.4 is 29.6 Å². The van der Waals surface area contributed by atoms with Gasteiger partial charge in [-0.1, -0.05) is 58.3 Å². The predicted molar refractivity (Wildman–Crippen MR) is 112 cm³/mol. The molecule has 0 spiro atoms. The molecule has 0 radical (unpaired) electrons. The molecule has 0 aromatic rings. The smallest absolute Gasteiger partial charge is 1.00 e. The van der Waals surface area contributed by atoms with Crippen LogP contribution in [0, 0.1) is 0 Å². The van der Waals surface area contributed by atoms with Crippen LogP contribution in [0.2, 0.25) is 0 Å². The maximum absolute atomic E-state index is 12.5. The van der Waals surface area contributed by atoms with E-state index >= 15 is 0 Å². The second-order valence-electron chi connectivity index (χ2n) is 7.73. The van der Waals surface area contributed by atoms with Crippen LogP contribution in [0.3, 0.4) is 0 Å². The van der Waals surface area contributed by atoms with E-state index in [2.05, 4.69) is 6.92 Å². The molecular weight excluding hydrogens is 403 g/mol. The van der Waals surface area contributed by atoms with Crippen LogP contribution in [0.1, 0.15) is 85.4 Å². The first kappa shape index (κ1) is 28.9. The van der Waals surface area contributed by atoms with Crippen LogP contribution in [0.25, 0.3) is 0 Å². The van der Waals surface area contributed by atoms with E-state index in [1.165, 1.54) is 43.4 Å². The average Bonchev–Trinajstić information content (AvgIpc) is 3.04. The zero-order chi connectivity index (χ0) is 20.8. The summed E-state index contributed by atoms with van der Waals surface area (Å²) in [4.78, 5) is 27.4. The van der Waals surface area contributed by atoms with Gasteiger partial charge in [0.1, 0.15) is 0 Å². The van der Waals surface area contributed by atoms with Crippen molar-refractivity contribution in [2.75, 3.05) is 31.9 Å². The second-order valence-corrected chi connectivity index (χ2v) is 9.30. The minimum Gasteiger partial charge on any atom is -1.00 e. The average molecular weight is 443 g/mol. The molecule has 0 bridgehead atoms. The third-order valence-corrected chi connectivity index (χ3v) is 5.98. The molecule has 1 N–H and O–H groups in total. The van der Waals surface area contributed by atoms with Crippen LogP contribution in [0.4, 0.5) is 0 Å². The Morgan fingerprint density at radius 3 is 2.17 bits per heavy atom. The normalized spacial score (nSPS) is 14.1. The van der Waals surface area contributed by atoms with Crippen molar-refractivity contribution < 1.29 is 53.5 Å². The molecule has 0 unspecified atom stereocenters. The number of nitrogens with zero attached hydrogens (tertiary/aromatic N) is 2. The van der Waals surface area contributed by atoms with Crippen molar-refractivity contribution in [3.63, 3.8) is 0 Å². The maximum Gasteiger partial charge on any atom is 1.00 e. The summed E-state index contributed by atoms with van der Waals surface area (Å²) in [5.41, 5.74) is 0. The molecule has 29 heavy (non-hydrogen) atoms. The Morgan fingerprint density at radius 2 is 1.66 bits per heavy atom. The summed E-state index contributed by atoms with van der Waals surface area (Å²) in [5, 5.41) is 0. The van der Waals surface area contributed by atoms with Gasteiger partial charge in [-0.2, -0.15) is 8.42 Å². The molecule has 0 aliphatic carbocycles. The fourth-order valence-corrected chi connectivity index (χ4v) is 3.96. The number of unbranched alkanes of at least 4 members (excludes halogenated alkanes) is 8. The number of likely N-dealkylation sites (tertiary alicyclic amines) is 1. The Bertz CT molecular complexity index is 578. The van der Waals surface area contributed by atoms with E-state index in [1.54, 1.807) is 4.90 Å². The third-order valence-electron chi connectivity index (χ3n) is 5.28. The zero-order valence-corrected chi connectivity index (χ0v) is 21.2. The van der Waals surface area contributed by atoms with Crippen molar-refractivity contribution in [2.24, 2.45) is 0 Å². The molecule has 0 saturated carbocycles. The number of hydrogen-bond donors (Lipinski definition) is 1. The topological polar surface area (TPSA) is 95.0 Å². The summed E-state index contributed by atoms with van der Waals surface area (Å²) in [6.07, 6.45) is 12.2. The van der Waals surface area contributed by atoms with Crippen molar-refractivity contribution >= 4 is 21.9 Å². The van der Waals surface area contributed by atoms with Gasteiger partial charge in [0, 0.05) is 39.0 Å². The molecule has 9 heteroatoms. The van der Waals surface area contributed by atoms with Crippen LogP contribution in [0.5, 0.6) is 0 Å². The van der Waals surface area contributed by atoms with Gasteiger partial charge in [-0.25, -0.2) is 0 Å². The van der Waals surface area contributed by atoms with Crippen molar-refractivity contribution in [3.05, 3.63) is 0 Å². The summed E-state index contributed by atoms with van der Waals surface area (Å²) in [6.45, 7) is 3.61. The first-order chi connectivity index (χ1) is 13.3. The van der Waals surface area contributed by atoms with E-state index in [0.717, 1.165) is 25.7 Å². The number of carbonyl (C=O) groups excluding carboxylic acids is 2. The van der Waals surface area contributed by atoms with Gasteiger partial charge in [0.05, 0.1) is 5.75 Å². The van der Waals surface area contributed by atoms with E-state index in [-0.39, 0.29) is 49.3 Å². The molecule has 0 aromatic carbocycles. The first-order valence-electron chi connectivity index (χ1n) is 10.8. The SMILES string of the molecule is CCCCCCCCCCCC(=O)N(CCN1CCCC1=O)CCS(=O)(=O)O.[H-].[Na+]. The quantitative estimate of drug-likeness (QED) is 0.212. The number of amides is 2. The second kappa shape index (κ2) is 16.5. The van der Waals surface area contributed by atoms with Crippen LogP contribution in [0.15, 0.2) is 0 Å². The van der Waals surface area contributed by atoms with Gasteiger partial charge in [-0.3, -0.25) is 14.1 Å². The summed E-state index contributed by atoms with van der Waals surface area (Å²) >= 11 is 0. The monoisotopic (exact) mass is 442 g/mol. The van der Waals surface area contributed by atoms with Gasteiger partial charge in [0.2, 0.25) is 11.8 Å². The molecule has 1 heterocycles. The molecule has 0 aromatic heterocycles. The zero-order valence-electron chi connectivity index (χ0n) is 19.4. The first-order valence-corrected chi connectivity index (χ1v) is 12.4. The summed E-state index contributed by atoms with van der Waals surface area (Å²) in [7, 11) is -4.12. The molecule has 0 atom stereocenters. The number of hydrogen-bond acceptors (Lipinski definition) is 4. The summed E-state index contributed by atoms with van der Waals surface area (Å²) in [5.74, 6) is -0.482. The van der Waals surface area contributed by atoms with Gasteiger partial charge >= 0.3 is 29.6 Å². The van der Waals surface area contributed by atoms with Crippen molar-refractivity contribution in [1.82, 2.24) is 9.80 Å². The Labute approximate surface area is 200 Å². The van der Waals surface area contributed by atoms with Crippen molar-refractivity contribution in [2.45, 2.75) is 84.0 Å². The minimum absolute atomic E-state index is 0. The molecule has 1 saturated heterocycles. The van der Waals surface area contributed by atoms with Crippen LogP contribution >= 0.6 is 0 Å². The summed E-state index contributed by atoms with van der Waals surface area (Å²) < 4.78 is 31.1. The molecule has 1 aliphatic rings. The van der Waals surface area contributed by atoms with Gasteiger partial charge in [-0.05, 0) is 12.8 Å². The number of carbonyl (C=O) groups is 2. The predicted octanol–water partition coefficient (Wildman–Crippen LogP) is 0.363. The Hall–Kier alpha value is -0.150. The molecule has 1 aliphatic heterocycles. The van der Waals surface area contributed by atoms with Crippen molar-refractivity contribution in [1.29, 1.82) is 0 Å². The Kier molecular flexibility index (Phi) is 16.4. The molecule has 1 rings (SSSR count). The fraction of sp³-hybridized carbons (Fsp3) is 0.900. The van der Waals surface area contributed by atoms with E-state index in [0.29, 0.717) is 32.5 Å². The molecule has 7 nitrogen and oxygen atoms in total. The van der Waals surface area contributed by atoms with Gasteiger partial charge in [0.15, 0.2) is 0 Å². The third kappa shape index (κ3) is 14.5.